The molecule has 114 valence electrons. The predicted octanol–water partition coefficient (Wildman–Crippen LogP) is 4.66. The maximum absolute atomic E-state index is 6.08. The van der Waals surface area contributed by atoms with Gasteiger partial charge in [0.1, 0.15) is 0 Å². The summed E-state index contributed by atoms with van der Waals surface area (Å²) in [4.78, 5) is 2.56. The van der Waals surface area contributed by atoms with Gasteiger partial charge in [0.25, 0.3) is 0 Å². The Kier molecular flexibility index (Phi) is 8.43. The number of nitrogens with two attached hydrogens (primary N) is 1. The number of benzene rings is 1. The molecule has 1 atom stereocenters. The van der Waals surface area contributed by atoms with Crippen molar-refractivity contribution in [1.29, 1.82) is 0 Å². The highest BCUT2D eigenvalue weighted by atomic mass is 79.9. The van der Waals surface area contributed by atoms with Gasteiger partial charge >= 0.3 is 0 Å². The van der Waals surface area contributed by atoms with E-state index in [1.54, 1.807) is 0 Å². The molecule has 0 saturated carbocycles. The molecule has 2 nitrogen and oxygen atoms in total. The van der Waals surface area contributed by atoms with E-state index in [2.05, 4.69) is 59.8 Å². The lowest BCUT2D eigenvalue weighted by Crippen LogP contribution is -2.35. The molecule has 0 aliphatic rings. The zero-order valence-corrected chi connectivity index (χ0v) is 14.7. The number of rotatable bonds is 9. The Morgan fingerprint density at radius 3 is 2.20 bits per heavy atom. The van der Waals surface area contributed by atoms with Gasteiger partial charge in [-0.05, 0) is 50.0 Å². The molecule has 1 aromatic carbocycles. The summed E-state index contributed by atoms with van der Waals surface area (Å²) in [6.07, 6.45) is 4.95. The third-order valence-corrected chi connectivity index (χ3v) is 4.70. The second-order valence-electron chi connectivity index (χ2n) is 5.50. The summed E-state index contributed by atoms with van der Waals surface area (Å²) >= 11 is 3.64. The third-order valence-electron chi connectivity index (χ3n) is 3.84. The van der Waals surface area contributed by atoms with E-state index in [4.69, 9.17) is 5.73 Å². The summed E-state index contributed by atoms with van der Waals surface area (Å²) in [6, 6.07) is 6.98. The standard InChI is InChI=1S/C17H29BrN2/c1-4-6-10-20(11-7-5-2)17(13-19)15-9-8-14(3)16(18)12-15/h8-9,12,17H,4-7,10-11,13,19H2,1-3H3. The normalized spacial score (nSPS) is 12.9. The maximum atomic E-state index is 6.08. The monoisotopic (exact) mass is 340 g/mol. The first-order valence-electron chi connectivity index (χ1n) is 7.84. The van der Waals surface area contributed by atoms with Gasteiger partial charge in [0.15, 0.2) is 0 Å². The van der Waals surface area contributed by atoms with Gasteiger partial charge in [0.05, 0.1) is 0 Å². The number of aryl methyl sites for hydroxylation is 1. The molecule has 2 N–H and O–H groups in total. The topological polar surface area (TPSA) is 29.3 Å². The third kappa shape index (κ3) is 5.19. The van der Waals surface area contributed by atoms with E-state index in [0.717, 1.165) is 13.1 Å². The lowest BCUT2D eigenvalue weighted by Gasteiger charge is -2.31. The minimum Gasteiger partial charge on any atom is -0.329 e. The molecule has 0 aliphatic heterocycles. The highest BCUT2D eigenvalue weighted by Crippen LogP contribution is 2.26. The van der Waals surface area contributed by atoms with Gasteiger partial charge in [-0.2, -0.15) is 0 Å². The van der Waals surface area contributed by atoms with Gasteiger partial charge in [0.2, 0.25) is 0 Å². The molecule has 1 aromatic rings. The highest BCUT2D eigenvalue weighted by Gasteiger charge is 2.18. The van der Waals surface area contributed by atoms with Crippen LogP contribution in [0.15, 0.2) is 22.7 Å². The first kappa shape index (κ1) is 17.7. The molecule has 0 spiro atoms. The van der Waals surface area contributed by atoms with E-state index in [1.165, 1.54) is 41.3 Å². The predicted molar refractivity (Wildman–Crippen MR) is 92.1 cm³/mol. The molecule has 0 bridgehead atoms. The maximum Gasteiger partial charge on any atom is 0.0470 e. The molecule has 0 aromatic heterocycles. The van der Waals surface area contributed by atoms with Crippen LogP contribution in [0.4, 0.5) is 0 Å². The average Bonchev–Trinajstić information content (AvgIpc) is 2.45. The van der Waals surface area contributed by atoms with Crippen molar-refractivity contribution in [3.8, 4) is 0 Å². The van der Waals surface area contributed by atoms with Crippen LogP contribution in [0.3, 0.4) is 0 Å². The van der Waals surface area contributed by atoms with Crippen LogP contribution in [0.2, 0.25) is 0 Å². The molecule has 3 heteroatoms. The average molecular weight is 341 g/mol. The number of halogens is 1. The highest BCUT2D eigenvalue weighted by molar-refractivity contribution is 9.10. The Labute approximate surface area is 132 Å². The van der Waals surface area contributed by atoms with Gasteiger partial charge < -0.3 is 5.73 Å². The summed E-state index contributed by atoms with van der Waals surface area (Å²) in [5.74, 6) is 0. The van der Waals surface area contributed by atoms with Crippen LogP contribution in [0.25, 0.3) is 0 Å². The van der Waals surface area contributed by atoms with Crippen molar-refractivity contribution in [1.82, 2.24) is 4.90 Å². The van der Waals surface area contributed by atoms with Crippen molar-refractivity contribution in [2.75, 3.05) is 19.6 Å². The summed E-state index contributed by atoms with van der Waals surface area (Å²) < 4.78 is 1.18. The largest absolute Gasteiger partial charge is 0.329 e. The lowest BCUT2D eigenvalue weighted by atomic mass is 10.0. The second-order valence-corrected chi connectivity index (χ2v) is 6.36. The first-order chi connectivity index (χ1) is 9.63. The lowest BCUT2D eigenvalue weighted by molar-refractivity contribution is 0.195. The fourth-order valence-electron chi connectivity index (χ4n) is 2.46. The van der Waals surface area contributed by atoms with Crippen molar-refractivity contribution in [2.24, 2.45) is 5.73 Å². The molecule has 0 aliphatic carbocycles. The Morgan fingerprint density at radius 2 is 1.75 bits per heavy atom. The fraction of sp³-hybridized carbons (Fsp3) is 0.647. The van der Waals surface area contributed by atoms with Crippen molar-refractivity contribution in [3.05, 3.63) is 33.8 Å². The molecule has 0 saturated heterocycles. The summed E-state index contributed by atoms with van der Waals surface area (Å²) in [5, 5.41) is 0. The Hall–Kier alpha value is -0.380. The summed E-state index contributed by atoms with van der Waals surface area (Å²) in [5.41, 5.74) is 8.69. The Balaban J connectivity index is 2.88. The van der Waals surface area contributed by atoms with Gasteiger partial charge in [-0.1, -0.05) is 54.8 Å². The molecular weight excluding hydrogens is 312 g/mol. The van der Waals surface area contributed by atoms with Crippen molar-refractivity contribution in [3.63, 3.8) is 0 Å². The molecular formula is C17H29BrN2. The van der Waals surface area contributed by atoms with Crippen LogP contribution in [-0.2, 0) is 0 Å². The molecule has 0 fully saturated rings. The van der Waals surface area contributed by atoms with E-state index in [0.29, 0.717) is 12.6 Å². The van der Waals surface area contributed by atoms with Crippen molar-refractivity contribution >= 4 is 15.9 Å². The summed E-state index contributed by atoms with van der Waals surface area (Å²) in [7, 11) is 0. The number of unbranched alkanes of at least 4 members (excludes halogenated alkanes) is 2. The Bertz CT molecular complexity index is 385. The van der Waals surface area contributed by atoms with Crippen LogP contribution in [0, 0.1) is 6.92 Å². The van der Waals surface area contributed by atoms with E-state index in [9.17, 15) is 0 Å². The molecule has 0 amide bonds. The SMILES string of the molecule is CCCCN(CCCC)C(CN)c1ccc(C)c(Br)c1. The zero-order chi connectivity index (χ0) is 15.0. The summed E-state index contributed by atoms with van der Waals surface area (Å²) in [6.45, 7) is 9.59. The van der Waals surface area contributed by atoms with E-state index < -0.39 is 0 Å². The second kappa shape index (κ2) is 9.54. The quantitative estimate of drug-likeness (QED) is 0.708. The smallest absolute Gasteiger partial charge is 0.0470 e. The number of hydrogen-bond acceptors (Lipinski definition) is 2. The molecule has 0 heterocycles. The fourth-order valence-corrected chi connectivity index (χ4v) is 2.85. The number of nitrogens with zero attached hydrogens (tertiary/aromatic N) is 1. The van der Waals surface area contributed by atoms with Crippen LogP contribution >= 0.6 is 15.9 Å². The van der Waals surface area contributed by atoms with Gasteiger partial charge in [-0.3, -0.25) is 4.90 Å². The van der Waals surface area contributed by atoms with Crippen LogP contribution < -0.4 is 5.73 Å². The van der Waals surface area contributed by atoms with Crippen LogP contribution in [0.5, 0.6) is 0 Å². The molecule has 0 radical (unpaired) electrons. The molecule has 1 rings (SSSR count). The van der Waals surface area contributed by atoms with Crippen LogP contribution in [-0.4, -0.2) is 24.5 Å². The Morgan fingerprint density at radius 1 is 1.15 bits per heavy atom. The van der Waals surface area contributed by atoms with Crippen molar-refractivity contribution in [2.45, 2.75) is 52.5 Å². The number of hydrogen-bond donors (Lipinski definition) is 1. The van der Waals surface area contributed by atoms with E-state index >= 15 is 0 Å². The van der Waals surface area contributed by atoms with Crippen molar-refractivity contribution < 1.29 is 0 Å². The van der Waals surface area contributed by atoms with Gasteiger partial charge in [-0.25, -0.2) is 0 Å². The minimum atomic E-state index is 0.338. The minimum absolute atomic E-state index is 0.338. The first-order valence-corrected chi connectivity index (χ1v) is 8.63. The molecule has 20 heavy (non-hydrogen) atoms. The van der Waals surface area contributed by atoms with Gasteiger partial charge in [-0.15, -0.1) is 0 Å². The molecule has 1 unspecified atom stereocenters. The van der Waals surface area contributed by atoms with E-state index in [-0.39, 0.29) is 0 Å². The zero-order valence-electron chi connectivity index (χ0n) is 13.2. The van der Waals surface area contributed by atoms with E-state index in [1.807, 2.05) is 0 Å². The van der Waals surface area contributed by atoms with Gasteiger partial charge in [0, 0.05) is 17.1 Å². The van der Waals surface area contributed by atoms with Crippen LogP contribution in [0.1, 0.15) is 56.7 Å².